The second-order valence-electron chi connectivity index (χ2n) is 7.64. The summed E-state index contributed by atoms with van der Waals surface area (Å²) in [6.45, 7) is 0. The van der Waals surface area contributed by atoms with Crippen LogP contribution in [0.2, 0.25) is 0 Å². The molecule has 0 saturated heterocycles. The molecule has 2 aromatic carbocycles. The molecule has 3 rings (SSSR count). The summed E-state index contributed by atoms with van der Waals surface area (Å²) in [6.07, 6.45) is 7.49. The average molecular weight is 405 g/mol. The van der Waals surface area contributed by atoms with Gasteiger partial charge < -0.3 is 9.80 Å². The highest BCUT2D eigenvalue weighted by Crippen LogP contribution is 2.13. The van der Waals surface area contributed by atoms with Crippen LogP contribution in [0.15, 0.2) is 71.1 Å². The summed E-state index contributed by atoms with van der Waals surface area (Å²) in [5.41, 5.74) is 4.39. The molecule has 0 unspecified atom stereocenters. The number of hydrogen-bond donors (Lipinski definition) is 0. The molecule has 0 radical (unpaired) electrons. The van der Waals surface area contributed by atoms with Crippen molar-refractivity contribution in [1.82, 2.24) is 4.68 Å². The number of nitrogens with zero attached hydrogens (tertiary/aromatic N) is 7. The molecule has 0 aliphatic rings. The fourth-order valence-corrected chi connectivity index (χ4v) is 2.93. The predicted octanol–water partition coefficient (Wildman–Crippen LogP) is 2.74. The first-order valence-corrected chi connectivity index (χ1v) is 9.79. The van der Waals surface area contributed by atoms with Gasteiger partial charge in [-0.1, -0.05) is 24.3 Å². The van der Waals surface area contributed by atoms with E-state index < -0.39 is 0 Å². The Morgan fingerprint density at radius 3 is 1.67 bits per heavy atom. The van der Waals surface area contributed by atoms with Gasteiger partial charge in [-0.05, 0) is 35.4 Å². The molecule has 30 heavy (non-hydrogen) atoms. The number of rotatable bonds is 7. The smallest absolute Gasteiger partial charge is 0.378 e. The standard InChI is InChI=1S/C23H30N7/c1-26(2)21-11-7-19(8-12-21)17-24-29-15-16-30(23(29)28(5)6)25-18-20-9-13-22(14-10-20)27(3)4/h7-18H,1-6H3/q+1/b24-17+,25-18+. The molecule has 0 amide bonds. The van der Waals surface area contributed by atoms with Gasteiger partial charge in [0.15, 0.2) is 0 Å². The van der Waals surface area contributed by atoms with Crippen LogP contribution in [0.4, 0.5) is 17.3 Å². The van der Waals surface area contributed by atoms with Crippen LogP contribution in [-0.2, 0) is 0 Å². The first-order chi connectivity index (χ1) is 14.3. The summed E-state index contributed by atoms with van der Waals surface area (Å²) in [4.78, 5) is 6.14. The lowest BCUT2D eigenvalue weighted by molar-refractivity contribution is -0.664. The van der Waals surface area contributed by atoms with Gasteiger partial charge in [-0.2, -0.15) is 0 Å². The Bertz CT molecular complexity index is 932. The van der Waals surface area contributed by atoms with Gasteiger partial charge in [0.1, 0.15) is 12.4 Å². The van der Waals surface area contributed by atoms with Gasteiger partial charge in [-0.3, -0.25) is 4.90 Å². The van der Waals surface area contributed by atoms with Gasteiger partial charge in [-0.25, -0.2) is 0 Å². The van der Waals surface area contributed by atoms with Crippen LogP contribution < -0.4 is 19.4 Å². The lowest BCUT2D eigenvalue weighted by atomic mass is 10.2. The lowest BCUT2D eigenvalue weighted by Gasteiger charge is -2.11. The third-order valence-electron chi connectivity index (χ3n) is 4.64. The largest absolute Gasteiger partial charge is 0.407 e. The zero-order chi connectivity index (χ0) is 21.7. The first-order valence-electron chi connectivity index (χ1n) is 9.79. The summed E-state index contributed by atoms with van der Waals surface area (Å²) in [5.74, 6) is 0.845. The summed E-state index contributed by atoms with van der Waals surface area (Å²) in [6, 6.07) is 16.5. The predicted molar refractivity (Wildman–Crippen MR) is 126 cm³/mol. The molecule has 156 valence electrons. The van der Waals surface area contributed by atoms with Crippen molar-refractivity contribution in [2.24, 2.45) is 10.2 Å². The average Bonchev–Trinajstić information content (AvgIpc) is 3.14. The van der Waals surface area contributed by atoms with Gasteiger partial charge in [0, 0.05) is 39.6 Å². The Labute approximate surface area is 178 Å². The fourth-order valence-electron chi connectivity index (χ4n) is 2.93. The molecule has 0 N–H and O–H groups in total. The number of aromatic nitrogens is 2. The van der Waals surface area contributed by atoms with Gasteiger partial charge in [0.05, 0.1) is 26.5 Å². The van der Waals surface area contributed by atoms with Crippen LogP contribution in [0.25, 0.3) is 0 Å². The Kier molecular flexibility index (Phi) is 6.51. The Morgan fingerprint density at radius 2 is 1.20 bits per heavy atom. The molecule has 1 heterocycles. The minimum Gasteiger partial charge on any atom is -0.378 e. The van der Waals surface area contributed by atoms with Gasteiger partial charge in [-0.15, -0.1) is 19.6 Å². The lowest BCUT2D eigenvalue weighted by Crippen LogP contribution is -2.34. The molecule has 0 atom stereocenters. The van der Waals surface area contributed by atoms with Crippen LogP contribution in [0.5, 0.6) is 0 Å². The van der Waals surface area contributed by atoms with Crippen molar-refractivity contribution in [3.05, 3.63) is 72.1 Å². The number of benzene rings is 2. The molecular formula is C23H30N7+. The molecule has 0 bridgehead atoms. The Morgan fingerprint density at radius 1 is 0.700 bits per heavy atom. The fraction of sp³-hybridized carbons (Fsp3) is 0.261. The van der Waals surface area contributed by atoms with Crippen molar-refractivity contribution in [3.63, 3.8) is 0 Å². The molecule has 0 spiro atoms. The van der Waals surface area contributed by atoms with Crippen molar-refractivity contribution in [1.29, 1.82) is 0 Å². The Hall–Kier alpha value is -3.61. The monoisotopic (exact) mass is 404 g/mol. The molecule has 3 aromatic rings. The van der Waals surface area contributed by atoms with Gasteiger partial charge in [0.25, 0.3) is 0 Å². The molecule has 1 aromatic heterocycles. The third-order valence-corrected chi connectivity index (χ3v) is 4.64. The van der Waals surface area contributed by atoms with Crippen LogP contribution in [0, 0.1) is 0 Å². The van der Waals surface area contributed by atoms with E-state index in [0.29, 0.717) is 0 Å². The van der Waals surface area contributed by atoms with E-state index >= 15 is 0 Å². The second-order valence-corrected chi connectivity index (χ2v) is 7.64. The van der Waals surface area contributed by atoms with Gasteiger partial charge in [0.2, 0.25) is 0 Å². The van der Waals surface area contributed by atoms with E-state index in [4.69, 9.17) is 0 Å². The Balaban J connectivity index is 1.80. The maximum Gasteiger partial charge on any atom is 0.407 e. The minimum absolute atomic E-state index is 0.845. The van der Waals surface area contributed by atoms with E-state index in [9.17, 15) is 0 Å². The van der Waals surface area contributed by atoms with Crippen molar-refractivity contribution in [2.45, 2.75) is 0 Å². The molecule has 0 aliphatic carbocycles. The van der Waals surface area contributed by atoms with Crippen molar-refractivity contribution >= 4 is 29.8 Å². The summed E-state index contributed by atoms with van der Waals surface area (Å²) >= 11 is 0. The molecule has 7 heteroatoms. The van der Waals surface area contributed by atoms with Crippen LogP contribution in [0.3, 0.4) is 0 Å². The summed E-state index contributed by atoms with van der Waals surface area (Å²) in [5, 5.41) is 9.23. The van der Waals surface area contributed by atoms with E-state index in [1.807, 2.05) is 81.4 Å². The molecule has 0 aliphatic heterocycles. The number of imidazole rings is 1. The number of hydrogen-bond acceptors (Lipinski definition) is 5. The van der Waals surface area contributed by atoms with Crippen molar-refractivity contribution < 1.29 is 4.68 Å². The van der Waals surface area contributed by atoms with Crippen molar-refractivity contribution in [2.75, 3.05) is 57.0 Å². The van der Waals surface area contributed by atoms with Crippen LogP contribution in [-0.4, -0.2) is 59.4 Å². The maximum atomic E-state index is 4.62. The zero-order valence-electron chi connectivity index (χ0n) is 18.6. The van der Waals surface area contributed by atoms with E-state index in [-0.39, 0.29) is 0 Å². The number of anilines is 3. The highest BCUT2D eigenvalue weighted by Gasteiger charge is 2.18. The van der Waals surface area contributed by atoms with E-state index in [2.05, 4.69) is 68.5 Å². The van der Waals surface area contributed by atoms with Crippen LogP contribution in [0.1, 0.15) is 11.1 Å². The van der Waals surface area contributed by atoms with Crippen LogP contribution >= 0.6 is 0 Å². The first kappa shape index (κ1) is 21.1. The highest BCUT2D eigenvalue weighted by molar-refractivity contribution is 5.80. The summed E-state index contributed by atoms with van der Waals surface area (Å²) in [7, 11) is 12.1. The zero-order valence-corrected chi connectivity index (χ0v) is 18.6. The second kappa shape index (κ2) is 9.26. The molecule has 7 nitrogen and oxygen atoms in total. The van der Waals surface area contributed by atoms with E-state index in [0.717, 1.165) is 28.5 Å². The van der Waals surface area contributed by atoms with E-state index in [1.54, 1.807) is 0 Å². The van der Waals surface area contributed by atoms with Gasteiger partial charge >= 0.3 is 5.95 Å². The quantitative estimate of drug-likeness (QED) is 0.449. The third kappa shape index (κ3) is 5.05. The van der Waals surface area contributed by atoms with Crippen molar-refractivity contribution in [3.8, 4) is 0 Å². The normalized spacial score (nSPS) is 11.4. The topological polar surface area (TPSA) is 43.2 Å². The summed E-state index contributed by atoms with van der Waals surface area (Å²) < 4.78 is 3.62. The van der Waals surface area contributed by atoms with E-state index in [1.165, 1.54) is 0 Å². The molecular weight excluding hydrogens is 374 g/mol. The maximum absolute atomic E-state index is 4.62. The highest BCUT2D eigenvalue weighted by atomic mass is 15.5. The SMILES string of the molecule is CN(C)c1ccc(/C=N/n2cc[n+](/N=C/c3ccc(N(C)C)cc3)c2N(C)C)cc1. The minimum atomic E-state index is 0.845. The molecule has 0 fully saturated rings. The molecule has 0 saturated carbocycles.